The molecule has 0 amide bonds. The van der Waals surface area contributed by atoms with Gasteiger partial charge in [0.15, 0.2) is 0 Å². The lowest BCUT2D eigenvalue weighted by Gasteiger charge is -2.22. The third-order valence-electron chi connectivity index (χ3n) is 3.26. The van der Waals surface area contributed by atoms with Gasteiger partial charge >= 0.3 is 0 Å². The van der Waals surface area contributed by atoms with Crippen LogP contribution in [0.5, 0.6) is 0 Å². The van der Waals surface area contributed by atoms with E-state index in [1.54, 1.807) is 6.07 Å². The third kappa shape index (κ3) is 3.18. The van der Waals surface area contributed by atoms with Gasteiger partial charge in [-0.2, -0.15) is 0 Å². The third-order valence-corrected chi connectivity index (χ3v) is 3.55. The maximum absolute atomic E-state index is 13.0. The van der Waals surface area contributed by atoms with Crippen LogP contribution in [-0.4, -0.2) is 17.7 Å². The molecule has 2 atom stereocenters. The predicted molar refractivity (Wildman–Crippen MR) is 66.6 cm³/mol. The summed E-state index contributed by atoms with van der Waals surface area (Å²) in [7, 11) is 0. The van der Waals surface area contributed by atoms with Crippen LogP contribution in [0.15, 0.2) is 18.2 Å². The Morgan fingerprint density at radius 1 is 1.35 bits per heavy atom. The van der Waals surface area contributed by atoms with Gasteiger partial charge in [-0.1, -0.05) is 30.5 Å². The maximum Gasteiger partial charge on any atom is 0.141 e. The number of aliphatic hydroxyl groups excluding tert-OH is 1. The molecule has 1 aromatic rings. The summed E-state index contributed by atoms with van der Waals surface area (Å²) < 4.78 is 13.0. The van der Waals surface area contributed by atoms with Gasteiger partial charge < -0.3 is 10.4 Å². The van der Waals surface area contributed by atoms with E-state index in [0.717, 1.165) is 25.8 Å². The second kappa shape index (κ2) is 5.80. The smallest absolute Gasteiger partial charge is 0.141 e. The summed E-state index contributed by atoms with van der Waals surface area (Å²) in [6, 6.07) is 4.45. The monoisotopic (exact) mass is 257 g/mol. The number of nitrogens with one attached hydrogen (secondary N) is 1. The minimum atomic E-state index is -0.619. The first-order valence-electron chi connectivity index (χ1n) is 6.05. The van der Waals surface area contributed by atoms with E-state index in [9.17, 15) is 9.50 Å². The largest absolute Gasteiger partial charge is 0.387 e. The molecule has 0 aliphatic carbocycles. The van der Waals surface area contributed by atoms with Crippen LogP contribution in [0, 0.1) is 5.82 Å². The molecule has 2 nitrogen and oxygen atoms in total. The van der Waals surface area contributed by atoms with Crippen molar-refractivity contribution in [1.29, 1.82) is 0 Å². The van der Waals surface area contributed by atoms with Crippen LogP contribution in [-0.2, 0) is 0 Å². The molecule has 4 heteroatoms. The highest BCUT2D eigenvalue weighted by atomic mass is 35.5. The zero-order valence-electron chi connectivity index (χ0n) is 9.63. The highest BCUT2D eigenvalue weighted by Gasteiger charge is 2.22. The van der Waals surface area contributed by atoms with E-state index in [1.807, 2.05) is 0 Å². The molecule has 2 unspecified atom stereocenters. The van der Waals surface area contributed by atoms with Crippen LogP contribution < -0.4 is 5.32 Å². The number of hydrogen-bond acceptors (Lipinski definition) is 2. The molecule has 1 aliphatic rings. The molecule has 1 heterocycles. The Morgan fingerprint density at radius 2 is 2.18 bits per heavy atom. The van der Waals surface area contributed by atoms with E-state index in [0.29, 0.717) is 5.56 Å². The SMILES string of the molecule is OC(c1ccc(F)c(Cl)c1)C1CCCCCN1. The fourth-order valence-corrected chi connectivity index (χ4v) is 2.44. The fraction of sp³-hybridized carbons (Fsp3) is 0.538. The van der Waals surface area contributed by atoms with Gasteiger partial charge in [0.2, 0.25) is 0 Å². The van der Waals surface area contributed by atoms with Crippen LogP contribution in [0.2, 0.25) is 5.02 Å². The van der Waals surface area contributed by atoms with Gasteiger partial charge in [0.1, 0.15) is 5.82 Å². The summed E-state index contributed by atoms with van der Waals surface area (Å²) in [5.41, 5.74) is 0.677. The van der Waals surface area contributed by atoms with Crippen molar-refractivity contribution in [3.63, 3.8) is 0 Å². The van der Waals surface area contributed by atoms with Crippen molar-refractivity contribution < 1.29 is 9.50 Å². The number of benzene rings is 1. The second-order valence-corrected chi connectivity index (χ2v) is 4.94. The van der Waals surface area contributed by atoms with Gasteiger partial charge in [0.25, 0.3) is 0 Å². The van der Waals surface area contributed by atoms with Crippen molar-refractivity contribution >= 4 is 11.6 Å². The van der Waals surface area contributed by atoms with E-state index in [2.05, 4.69) is 5.32 Å². The van der Waals surface area contributed by atoms with Crippen molar-refractivity contribution in [3.05, 3.63) is 34.6 Å². The van der Waals surface area contributed by atoms with E-state index < -0.39 is 11.9 Å². The van der Waals surface area contributed by atoms with Gasteiger partial charge in [0.05, 0.1) is 11.1 Å². The first kappa shape index (κ1) is 12.8. The van der Waals surface area contributed by atoms with Gasteiger partial charge in [-0.25, -0.2) is 4.39 Å². The van der Waals surface area contributed by atoms with Crippen LogP contribution in [0.1, 0.15) is 37.4 Å². The molecule has 1 aliphatic heterocycles. The minimum absolute atomic E-state index is 0.0408. The molecule has 0 radical (unpaired) electrons. The molecular formula is C13H17ClFNO. The summed E-state index contributed by atoms with van der Waals surface area (Å²) in [6.07, 6.45) is 3.78. The van der Waals surface area contributed by atoms with Gasteiger partial charge in [-0.15, -0.1) is 0 Å². The molecule has 1 saturated heterocycles. The number of rotatable bonds is 2. The summed E-state index contributed by atoms with van der Waals surface area (Å²) in [5, 5.41) is 13.6. The Morgan fingerprint density at radius 3 is 2.94 bits per heavy atom. The maximum atomic E-state index is 13.0. The molecule has 2 rings (SSSR count). The van der Waals surface area contributed by atoms with E-state index in [-0.39, 0.29) is 11.1 Å². The van der Waals surface area contributed by atoms with Crippen LogP contribution >= 0.6 is 11.6 Å². The molecule has 1 aromatic carbocycles. The quantitative estimate of drug-likeness (QED) is 0.854. The Bertz CT molecular complexity index is 378. The Labute approximate surface area is 106 Å². The summed E-state index contributed by atoms with van der Waals surface area (Å²) in [4.78, 5) is 0. The lowest BCUT2D eigenvalue weighted by Crippen LogP contribution is -2.34. The molecule has 0 aromatic heterocycles. The molecular weight excluding hydrogens is 241 g/mol. The molecule has 0 saturated carbocycles. The van der Waals surface area contributed by atoms with Gasteiger partial charge in [-0.3, -0.25) is 0 Å². The molecule has 94 valence electrons. The predicted octanol–water partition coefficient (Wildman–Crippen LogP) is 3.04. The number of hydrogen-bond donors (Lipinski definition) is 2. The van der Waals surface area contributed by atoms with Crippen molar-refractivity contribution in [3.8, 4) is 0 Å². The van der Waals surface area contributed by atoms with E-state index in [4.69, 9.17) is 11.6 Å². The second-order valence-electron chi connectivity index (χ2n) is 4.53. The van der Waals surface area contributed by atoms with Gasteiger partial charge in [0, 0.05) is 6.04 Å². The number of halogens is 2. The van der Waals surface area contributed by atoms with E-state index in [1.165, 1.54) is 18.6 Å². The van der Waals surface area contributed by atoms with Crippen molar-refractivity contribution in [1.82, 2.24) is 5.32 Å². The summed E-state index contributed by atoms with van der Waals surface area (Å²) >= 11 is 5.72. The lowest BCUT2D eigenvalue weighted by molar-refractivity contribution is 0.126. The summed E-state index contributed by atoms with van der Waals surface area (Å²) in [5.74, 6) is -0.448. The minimum Gasteiger partial charge on any atom is -0.387 e. The van der Waals surface area contributed by atoms with E-state index >= 15 is 0 Å². The molecule has 1 fully saturated rings. The molecule has 2 N–H and O–H groups in total. The average Bonchev–Trinajstić information content (AvgIpc) is 2.60. The zero-order chi connectivity index (χ0) is 12.3. The average molecular weight is 258 g/mol. The van der Waals surface area contributed by atoms with Gasteiger partial charge in [-0.05, 0) is 37.1 Å². The van der Waals surface area contributed by atoms with Crippen LogP contribution in [0.25, 0.3) is 0 Å². The molecule has 0 bridgehead atoms. The lowest BCUT2D eigenvalue weighted by atomic mass is 9.98. The standard InChI is InChI=1S/C13H17ClFNO/c14-10-8-9(5-6-11(10)15)13(17)12-4-2-1-3-7-16-12/h5-6,8,12-13,16-17H,1-4,7H2. The number of aliphatic hydroxyl groups is 1. The Kier molecular flexibility index (Phi) is 4.37. The first-order chi connectivity index (χ1) is 8.18. The Hall–Kier alpha value is -0.640. The van der Waals surface area contributed by atoms with Crippen LogP contribution in [0.4, 0.5) is 4.39 Å². The first-order valence-corrected chi connectivity index (χ1v) is 6.42. The molecule has 17 heavy (non-hydrogen) atoms. The van der Waals surface area contributed by atoms with Crippen molar-refractivity contribution in [2.24, 2.45) is 0 Å². The highest BCUT2D eigenvalue weighted by Crippen LogP contribution is 2.26. The normalized spacial score (nSPS) is 23.1. The summed E-state index contributed by atoms with van der Waals surface area (Å²) in [6.45, 7) is 0.927. The topological polar surface area (TPSA) is 32.3 Å². The highest BCUT2D eigenvalue weighted by molar-refractivity contribution is 6.30. The fourth-order valence-electron chi connectivity index (χ4n) is 2.25. The van der Waals surface area contributed by atoms with Crippen molar-refractivity contribution in [2.45, 2.75) is 37.8 Å². The van der Waals surface area contributed by atoms with Crippen molar-refractivity contribution in [2.75, 3.05) is 6.54 Å². The zero-order valence-corrected chi connectivity index (χ0v) is 10.4. The molecule has 0 spiro atoms. The Balaban J connectivity index is 2.11. The van der Waals surface area contributed by atoms with Crippen LogP contribution in [0.3, 0.4) is 0 Å².